The average Bonchev–Trinajstić information content (AvgIpc) is 2.97. The van der Waals surface area contributed by atoms with Gasteiger partial charge < -0.3 is 9.84 Å². The summed E-state index contributed by atoms with van der Waals surface area (Å²) in [6.45, 7) is 0.241. The summed E-state index contributed by atoms with van der Waals surface area (Å²) in [7, 11) is 1.60. The zero-order valence-corrected chi connectivity index (χ0v) is 14.8. The molecule has 25 heavy (non-hydrogen) atoms. The maximum atomic E-state index is 14.5. The highest BCUT2D eigenvalue weighted by Crippen LogP contribution is 2.34. The molecule has 0 aliphatic rings. The molecule has 0 aliphatic carbocycles. The Hall–Kier alpha value is -2.67. The average molecular weight is 405 g/mol. The molecule has 0 saturated carbocycles. The van der Waals surface area contributed by atoms with Crippen LogP contribution in [0.25, 0.3) is 11.3 Å². The number of halogens is 2. The molecule has 0 unspecified atom stereocenters. The van der Waals surface area contributed by atoms with Gasteiger partial charge in [0.15, 0.2) is 17.3 Å². The molecule has 1 heterocycles. The molecule has 0 spiro atoms. The molecule has 0 saturated heterocycles. The Labute approximate surface area is 151 Å². The number of carbonyl (C=O) groups is 1. The van der Waals surface area contributed by atoms with Gasteiger partial charge in [-0.05, 0) is 39.7 Å². The fraction of sp³-hybridized carbons (Fsp3) is 0.111. The maximum absolute atomic E-state index is 14.5. The predicted octanol–water partition coefficient (Wildman–Crippen LogP) is 4.27. The monoisotopic (exact) mass is 404 g/mol. The third-order valence-corrected chi connectivity index (χ3v) is 4.21. The molecule has 1 N–H and O–H groups in total. The fourth-order valence-corrected chi connectivity index (χ4v) is 2.97. The van der Waals surface area contributed by atoms with Crippen LogP contribution >= 0.6 is 15.9 Å². The standard InChI is InChI=1S/C18H14BrFN2O3/c1-22-16(9-15(21-22)18(23)24)12-7-13(19)17(14(20)8-12)25-10-11-5-3-2-4-6-11/h2-9H,10H2,1H3,(H,23,24). The number of carboxylic acid groups (broad SMARTS) is 1. The van der Waals surface area contributed by atoms with Gasteiger partial charge in [0.1, 0.15) is 6.61 Å². The van der Waals surface area contributed by atoms with Gasteiger partial charge in [0.2, 0.25) is 0 Å². The zero-order valence-electron chi connectivity index (χ0n) is 13.2. The third kappa shape index (κ3) is 3.71. The van der Waals surface area contributed by atoms with Crippen molar-refractivity contribution in [3.8, 4) is 17.0 Å². The molecule has 3 rings (SSSR count). The van der Waals surface area contributed by atoms with Crippen molar-refractivity contribution in [3.63, 3.8) is 0 Å². The first-order valence-corrected chi connectivity index (χ1v) is 8.18. The van der Waals surface area contributed by atoms with Gasteiger partial charge >= 0.3 is 5.97 Å². The van der Waals surface area contributed by atoms with Crippen molar-refractivity contribution >= 4 is 21.9 Å². The summed E-state index contributed by atoms with van der Waals surface area (Å²) >= 11 is 3.32. The van der Waals surface area contributed by atoms with E-state index in [-0.39, 0.29) is 18.1 Å². The van der Waals surface area contributed by atoms with Gasteiger partial charge in [0.05, 0.1) is 10.2 Å². The summed E-state index contributed by atoms with van der Waals surface area (Å²) in [5, 5.41) is 12.9. The molecule has 0 aliphatic heterocycles. The van der Waals surface area contributed by atoms with Crippen LogP contribution in [-0.4, -0.2) is 20.9 Å². The van der Waals surface area contributed by atoms with Crippen molar-refractivity contribution < 1.29 is 19.0 Å². The first kappa shape index (κ1) is 17.2. The molecule has 7 heteroatoms. The second kappa shape index (κ2) is 7.06. The number of carboxylic acids is 1. The molecule has 3 aromatic rings. The Bertz CT molecular complexity index is 902. The van der Waals surface area contributed by atoms with Crippen LogP contribution in [0, 0.1) is 5.82 Å². The fourth-order valence-electron chi connectivity index (χ4n) is 2.42. The smallest absolute Gasteiger partial charge is 0.356 e. The van der Waals surface area contributed by atoms with E-state index in [1.54, 1.807) is 13.1 Å². The van der Waals surface area contributed by atoms with E-state index in [1.165, 1.54) is 16.8 Å². The number of aryl methyl sites for hydroxylation is 1. The number of aromatic carboxylic acids is 1. The summed E-state index contributed by atoms with van der Waals surface area (Å²) in [5.41, 5.74) is 1.82. The lowest BCUT2D eigenvalue weighted by Gasteiger charge is -2.11. The third-order valence-electron chi connectivity index (χ3n) is 3.62. The quantitative estimate of drug-likeness (QED) is 0.689. The molecular weight excluding hydrogens is 391 g/mol. The van der Waals surface area contributed by atoms with E-state index in [9.17, 15) is 9.18 Å². The molecule has 1 aromatic heterocycles. The molecule has 0 amide bonds. The van der Waals surface area contributed by atoms with Crippen LogP contribution in [0.15, 0.2) is 53.0 Å². The van der Waals surface area contributed by atoms with Crippen LogP contribution in [0.5, 0.6) is 5.75 Å². The van der Waals surface area contributed by atoms with Crippen molar-refractivity contribution in [1.82, 2.24) is 9.78 Å². The summed E-state index contributed by atoms with van der Waals surface area (Å²) in [6, 6.07) is 13.8. The van der Waals surface area contributed by atoms with Gasteiger partial charge in [-0.2, -0.15) is 5.10 Å². The van der Waals surface area contributed by atoms with E-state index < -0.39 is 11.8 Å². The second-order valence-electron chi connectivity index (χ2n) is 5.39. The SMILES string of the molecule is Cn1nc(C(=O)O)cc1-c1cc(F)c(OCc2ccccc2)c(Br)c1. The number of rotatable bonds is 5. The van der Waals surface area contributed by atoms with Crippen LogP contribution in [0.2, 0.25) is 0 Å². The first-order valence-electron chi connectivity index (χ1n) is 7.39. The maximum Gasteiger partial charge on any atom is 0.356 e. The highest BCUT2D eigenvalue weighted by atomic mass is 79.9. The number of ether oxygens (including phenoxy) is 1. The Kier molecular flexibility index (Phi) is 4.85. The van der Waals surface area contributed by atoms with Gasteiger partial charge in [0, 0.05) is 12.6 Å². The van der Waals surface area contributed by atoms with Crippen LogP contribution in [0.1, 0.15) is 16.1 Å². The number of hydrogen-bond donors (Lipinski definition) is 1. The molecule has 0 atom stereocenters. The number of aromatic nitrogens is 2. The highest BCUT2D eigenvalue weighted by molar-refractivity contribution is 9.10. The van der Waals surface area contributed by atoms with E-state index in [0.717, 1.165) is 5.56 Å². The summed E-state index contributed by atoms with van der Waals surface area (Å²) in [4.78, 5) is 11.0. The lowest BCUT2D eigenvalue weighted by atomic mass is 10.1. The molecule has 0 radical (unpaired) electrons. The number of hydrogen-bond acceptors (Lipinski definition) is 3. The van der Waals surface area contributed by atoms with E-state index in [1.807, 2.05) is 30.3 Å². The molecule has 0 bridgehead atoms. The summed E-state index contributed by atoms with van der Waals surface area (Å²) < 4.78 is 21.9. The molecule has 5 nitrogen and oxygen atoms in total. The van der Waals surface area contributed by atoms with E-state index in [0.29, 0.717) is 15.7 Å². The van der Waals surface area contributed by atoms with Crippen molar-refractivity contribution in [2.75, 3.05) is 0 Å². The normalized spacial score (nSPS) is 10.7. The number of nitrogens with zero attached hydrogens (tertiary/aromatic N) is 2. The minimum absolute atomic E-state index is 0.0987. The topological polar surface area (TPSA) is 64.4 Å². The largest absolute Gasteiger partial charge is 0.485 e. The highest BCUT2D eigenvalue weighted by Gasteiger charge is 2.17. The Morgan fingerprint density at radius 2 is 2.00 bits per heavy atom. The molecule has 0 fully saturated rings. The molecular formula is C18H14BrFN2O3. The minimum atomic E-state index is -1.13. The predicted molar refractivity (Wildman–Crippen MR) is 94.0 cm³/mol. The van der Waals surface area contributed by atoms with Gasteiger partial charge in [0.25, 0.3) is 0 Å². The van der Waals surface area contributed by atoms with E-state index in [2.05, 4.69) is 21.0 Å². The first-order chi connectivity index (χ1) is 12.0. The minimum Gasteiger partial charge on any atom is -0.485 e. The second-order valence-corrected chi connectivity index (χ2v) is 6.24. The van der Waals surface area contributed by atoms with Crippen LogP contribution in [-0.2, 0) is 13.7 Å². The summed E-state index contributed by atoms with van der Waals surface area (Å²) in [6.07, 6.45) is 0. The van der Waals surface area contributed by atoms with Crippen molar-refractivity contribution in [3.05, 3.63) is 70.1 Å². The Balaban J connectivity index is 1.89. The van der Waals surface area contributed by atoms with Crippen LogP contribution in [0.4, 0.5) is 4.39 Å². The number of benzene rings is 2. The molecule has 2 aromatic carbocycles. The van der Waals surface area contributed by atoms with E-state index in [4.69, 9.17) is 9.84 Å². The van der Waals surface area contributed by atoms with Crippen molar-refractivity contribution in [2.24, 2.45) is 7.05 Å². The van der Waals surface area contributed by atoms with Crippen molar-refractivity contribution in [2.45, 2.75) is 6.61 Å². The Morgan fingerprint density at radius 1 is 1.28 bits per heavy atom. The van der Waals surface area contributed by atoms with Gasteiger partial charge in [-0.3, -0.25) is 4.68 Å². The lowest BCUT2D eigenvalue weighted by Crippen LogP contribution is -2.00. The summed E-state index contributed by atoms with van der Waals surface area (Å²) in [5.74, 6) is -1.57. The lowest BCUT2D eigenvalue weighted by molar-refractivity contribution is 0.0689. The van der Waals surface area contributed by atoms with Crippen molar-refractivity contribution in [1.29, 1.82) is 0 Å². The van der Waals surface area contributed by atoms with Gasteiger partial charge in [-0.25, -0.2) is 9.18 Å². The zero-order chi connectivity index (χ0) is 18.0. The van der Waals surface area contributed by atoms with Gasteiger partial charge in [-0.1, -0.05) is 30.3 Å². The molecule has 128 valence electrons. The van der Waals surface area contributed by atoms with Crippen LogP contribution in [0.3, 0.4) is 0 Å². The van der Waals surface area contributed by atoms with Crippen LogP contribution < -0.4 is 4.74 Å². The Morgan fingerprint density at radius 3 is 2.60 bits per heavy atom. The van der Waals surface area contributed by atoms with E-state index >= 15 is 0 Å². The van der Waals surface area contributed by atoms with Gasteiger partial charge in [-0.15, -0.1) is 0 Å².